The van der Waals surface area contributed by atoms with Crippen LogP contribution in [0.5, 0.6) is 0 Å². The van der Waals surface area contributed by atoms with E-state index in [2.05, 4.69) is 27.7 Å². The molecule has 1 heterocycles. The molecule has 0 aromatic carbocycles. The zero-order valence-electron chi connectivity index (χ0n) is 16.8. The number of hydrogen-bond donors (Lipinski definition) is 3. The Morgan fingerprint density at radius 1 is 1.00 bits per heavy atom. The van der Waals surface area contributed by atoms with Crippen LogP contribution in [0.2, 0.25) is 0 Å². The average Bonchev–Trinajstić information content (AvgIpc) is 3.19. The van der Waals surface area contributed by atoms with Crippen molar-refractivity contribution in [1.29, 1.82) is 0 Å². The van der Waals surface area contributed by atoms with Crippen molar-refractivity contribution in [3.63, 3.8) is 0 Å². The summed E-state index contributed by atoms with van der Waals surface area (Å²) >= 11 is 0. The van der Waals surface area contributed by atoms with Crippen LogP contribution < -0.4 is 0 Å². The maximum Gasteiger partial charge on any atom is 0.187 e. The van der Waals surface area contributed by atoms with Crippen molar-refractivity contribution in [3.8, 4) is 0 Å². The first-order valence-electron chi connectivity index (χ1n) is 10.5. The van der Waals surface area contributed by atoms with Gasteiger partial charge in [-0.05, 0) is 74.5 Å². The van der Waals surface area contributed by atoms with Crippen molar-refractivity contribution >= 4 is 0 Å². The van der Waals surface area contributed by atoms with Crippen molar-refractivity contribution in [2.75, 3.05) is 0 Å². The van der Waals surface area contributed by atoms with E-state index < -0.39 is 30.7 Å². The van der Waals surface area contributed by atoms with Crippen LogP contribution in [0.3, 0.4) is 0 Å². The number of fused-ring (bicyclic) bond motifs is 1. The van der Waals surface area contributed by atoms with Crippen LogP contribution in [0.25, 0.3) is 0 Å². The van der Waals surface area contributed by atoms with Crippen LogP contribution in [0.15, 0.2) is 0 Å². The summed E-state index contributed by atoms with van der Waals surface area (Å²) in [5, 5.41) is 30.4. The molecular formula is C21H36O5. The fraction of sp³-hybridized carbons (Fsp3) is 1.00. The highest BCUT2D eigenvalue weighted by Gasteiger charge is 2.79. The standard InChI is InChI=1S/C21H36O5/c1-10(2)13-7-6-11(3)21-9-8-20(5,18(21)14(13)21)26-19-17(24)16(23)15(22)12(4)25-19/h10-19,22-24H,6-9H2,1-5H3/t11-,12-,13+,14-,15+,16+,17-,18+,19?,20-,21?/m1/s1. The predicted octanol–water partition coefficient (Wildman–Crippen LogP) is 2.32. The van der Waals surface area contributed by atoms with E-state index in [1.54, 1.807) is 6.92 Å². The third kappa shape index (κ3) is 2.47. The van der Waals surface area contributed by atoms with E-state index in [-0.39, 0.29) is 5.60 Å². The molecule has 5 nitrogen and oxygen atoms in total. The minimum absolute atomic E-state index is 0.330. The van der Waals surface area contributed by atoms with Gasteiger partial charge in [-0.2, -0.15) is 0 Å². The van der Waals surface area contributed by atoms with Crippen LogP contribution in [-0.4, -0.2) is 51.6 Å². The third-order valence-electron chi connectivity index (χ3n) is 8.52. The van der Waals surface area contributed by atoms with Crippen molar-refractivity contribution in [1.82, 2.24) is 0 Å². The molecule has 2 unspecified atom stereocenters. The quantitative estimate of drug-likeness (QED) is 0.666. The molecule has 3 saturated carbocycles. The summed E-state index contributed by atoms with van der Waals surface area (Å²) in [7, 11) is 0. The summed E-state index contributed by atoms with van der Waals surface area (Å²) < 4.78 is 12.2. The highest BCUT2D eigenvalue weighted by Crippen LogP contribution is 2.81. The molecule has 0 amide bonds. The van der Waals surface area contributed by atoms with E-state index in [1.807, 2.05) is 0 Å². The van der Waals surface area contributed by atoms with Gasteiger partial charge in [0, 0.05) is 0 Å². The molecule has 3 aliphatic carbocycles. The predicted molar refractivity (Wildman–Crippen MR) is 97.2 cm³/mol. The Labute approximate surface area is 157 Å². The zero-order valence-corrected chi connectivity index (χ0v) is 16.8. The van der Waals surface area contributed by atoms with Gasteiger partial charge in [0.2, 0.25) is 0 Å². The SMILES string of the molecule is CC(C)[C@@H]1CC[C@@H](C)C23CC[C@@](C)(OC4O[C@H](C)[C@H](O)[C@H](O)[C@H]4O)[C@@H]2[C@@H]13. The van der Waals surface area contributed by atoms with Gasteiger partial charge in [0.1, 0.15) is 18.3 Å². The van der Waals surface area contributed by atoms with Gasteiger partial charge in [-0.25, -0.2) is 0 Å². The minimum atomic E-state index is -1.23. The number of ether oxygens (including phenoxy) is 2. The molecule has 0 bridgehead atoms. The molecule has 1 aliphatic heterocycles. The summed E-state index contributed by atoms with van der Waals surface area (Å²) in [6, 6.07) is 0. The van der Waals surface area contributed by atoms with E-state index in [0.29, 0.717) is 23.2 Å². The molecular weight excluding hydrogens is 332 g/mol. The van der Waals surface area contributed by atoms with Gasteiger partial charge in [-0.1, -0.05) is 20.8 Å². The molecule has 4 aliphatic rings. The van der Waals surface area contributed by atoms with Crippen LogP contribution in [0, 0.1) is 35.0 Å². The van der Waals surface area contributed by atoms with Crippen molar-refractivity contribution in [2.45, 2.75) is 96.6 Å². The fourth-order valence-electron chi connectivity index (χ4n) is 7.05. The fourth-order valence-corrected chi connectivity index (χ4v) is 7.05. The largest absolute Gasteiger partial charge is 0.388 e. The number of hydrogen-bond acceptors (Lipinski definition) is 5. The number of rotatable bonds is 3. The Kier molecular flexibility index (Phi) is 4.52. The Morgan fingerprint density at radius 3 is 2.35 bits per heavy atom. The minimum Gasteiger partial charge on any atom is -0.388 e. The van der Waals surface area contributed by atoms with Gasteiger partial charge >= 0.3 is 0 Å². The molecule has 26 heavy (non-hydrogen) atoms. The number of aliphatic hydroxyl groups excluding tert-OH is 3. The van der Waals surface area contributed by atoms with Gasteiger partial charge in [0.15, 0.2) is 6.29 Å². The lowest BCUT2D eigenvalue weighted by Gasteiger charge is -2.43. The summed E-state index contributed by atoms with van der Waals surface area (Å²) in [5.41, 5.74) is 0.0646. The monoisotopic (exact) mass is 368 g/mol. The first kappa shape index (κ1) is 19.1. The Morgan fingerprint density at radius 2 is 1.69 bits per heavy atom. The second kappa shape index (κ2) is 6.15. The normalized spacial score (nSPS) is 59.2. The summed E-state index contributed by atoms with van der Waals surface area (Å²) in [5.74, 6) is 3.38. The second-order valence-corrected chi connectivity index (χ2v) is 10.1. The first-order chi connectivity index (χ1) is 12.1. The van der Waals surface area contributed by atoms with E-state index in [9.17, 15) is 15.3 Å². The average molecular weight is 369 g/mol. The Hall–Kier alpha value is -0.200. The molecule has 0 aromatic heterocycles. The van der Waals surface area contributed by atoms with Gasteiger partial charge in [0.25, 0.3) is 0 Å². The summed E-state index contributed by atoms with van der Waals surface area (Å²) in [4.78, 5) is 0. The molecule has 0 aromatic rings. The van der Waals surface area contributed by atoms with Crippen molar-refractivity contribution in [2.24, 2.45) is 35.0 Å². The lowest BCUT2D eigenvalue weighted by molar-refractivity contribution is -0.321. The van der Waals surface area contributed by atoms with Gasteiger partial charge in [-0.15, -0.1) is 0 Å². The van der Waals surface area contributed by atoms with E-state index in [1.165, 1.54) is 19.3 Å². The smallest absolute Gasteiger partial charge is 0.187 e. The summed E-state index contributed by atoms with van der Waals surface area (Å²) in [6.45, 7) is 11.0. The van der Waals surface area contributed by atoms with Gasteiger partial charge in [0.05, 0.1) is 11.7 Å². The van der Waals surface area contributed by atoms with E-state index in [4.69, 9.17) is 9.47 Å². The van der Waals surface area contributed by atoms with Crippen LogP contribution in [-0.2, 0) is 9.47 Å². The maximum atomic E-state index is 10.4. The number of aliphatic hydroxyl groups is 3. The molecule has 4 fully saturated rings. The van der Waals surface area contributed by atoms with Gasteiger partial charge < -0.3 is 24.8 Å². The van der Waals surface area contributed by atoms with Gasteiger partial charge in [-0.3, -0.25) is 0 Å². The van der Waals surface area contributed by atoms with Crippen LogP contribution >= 0.6 is 0 Å². The molecule has 3 N–H and O–H groups in total. The lowest BCUT2D eigenvalue weighted by Crippen LogP contribution is -2.59. The molecule has 11 atom stereocenters. The first-order valence-corrected chi connectivity index (χ1v) is 10.5. The Bertz CT molecular complexity index is 553. The third-order valence-corrected chi connectivity index (χ3v) is 8.52. The topological polar surface area (TPSA) is 79.2 Å². The Balaban J connectivity index is 1.55. The van der Waals surface area contributed by atoms with E-state index >= 15 is 0 Å². The molecule has 0 radical (unpaired) electrons. The molecule has 150 valence electrons. The summed E-state index contributed by atoms with van der Waals surface area (Å²) in [6.07, 6.45) is -0.184. The van der Waals surface area contributed by atoms with Crippen molar-refractivity contribution in [3.05, 3.63) is 0 Å². The highest BCUT2D eigenvalue weighted by molar-refractivity contribution is 5.26. The van der Waals surface area contributed by atoms with Crippen molar-refractivity contribution < 1.29 is 24.8 Å². The molecule has 5 heteroatoms. The maximum absolute atomic E-state index is 10.4. The lowest BCUT2D eigenvalue weighted by atomic mass is 9.69. The highest BCUT2D eigenvalue weighted by atomic mass is 16.7. The molecule has 1 spiro atoms. The second-order valence-electron chi connectivity index (χ2n) is 10.1. The van der Waals surface area contributed by atoms with Crippen LogP contribution in [0.4, 0.5) is 0 Å². The van der Waals surface area contributed by atoms with E-state index in [0.717, 1.165) is 18.3 Å². The molecule has 4 rings (SSSR count). The zero-order chi connectivity index (χ0) is 19.0. The molecule has 1 saturated heterocycles. The van der Waals surface area contributed by atoms with Crippen LogP contribution in [0.1, 0.15) is 60.3 Å².